The highest BCUT2D eigenvalue weighted by Gasteiger charge is 2.14. The summed E-state index contributed by atoms with van der Waals surface area (Å²) in [4.78, 5) is 21.8. The van der Waals surface area contributed by atoms with E-state index in [0.29, 0.717) is 13.1 Å². The minimum atomic E-state index is -0.990. The molecule has 0 aromatic carbocycles. The number of aromatic nitrogens is 2. The van der Waals surface area contributed by atoms with Crippen molar-refractivity contribution in [2.45, 2.75) is 26.9 Å². The highest BCUT2D eigenvalue weighted by atomic mass is 16.4. The van der Waals surface area contributed by atoms with Crippen molar-refractivity contribution in [3.05, 3.63) is 59.2 Å². The number of aromatic carboxylic acids is 1. The molecule has 2 aromatic heterocycles. The van der Waals surface area contributed by atoms with Gasteiger partial charge in [0.15, 0.2) is 5.69 Å². The van der Waals surface area contributed by atoms with E-state index in [-0.39, 0.29) is 5.69 Å². The van der Waals surface area contributed by atoms with E-state index in [2.05, 4.69) is 14.9 Å². The Morgan fingerprint density at radius 3 is 2.71 bits per heavy atom. The Labute approximate surface area is 124 Å². The largest absolute Gasteiger partial charge is 0.477 e. The lowest BCUT2D eigenvalue weighted by atomic mass is 10.1. The summed E-state index contributed by atoms with van der Waals surface area (Å²) >= 11 is 0. The van der Waals surface area contributed by atoms with Crippen LogP contribution in [-0.2, 0) is 13.1 Å². The lowest BCUT2D eigenvalue weighted by molar-refractivity contribution is 0.0687. The highest BCUT2D eigenvalue weighted by Crippen LogP contribution is 2.12. The molecule has 0 aliphatic rings. The molecule has 110 valence electrons. The molecule has 2 aromatic rings. The van der Waals surface area contributed by atoms with E-state index in [9.17, 15) is 9.90 Å². The van der Waals surface area contributed by atoms with Gasteiger partial charge in [-0.1, -0.05) is 19.1 Å². The summed E-state index contributed by atoms with van der Waals surface area (Å²) in [7, 11) is 0. The van der Waals surface area contributed by atoms with Crippen LogP contribution in [0.15, 0.2) is 36.5 Å². The van der Waals surface area contributed by atoms with Gasteiger partial charge in [0.05, 0.1) is 5.69 Å². The van der Waals surface area contributed by atoms with Crippen LogP contribution in [0.5, 0.6) is 0 Å². The van der Waals surface area contributed by atoms with Gasteiger partial charge in [0.1, 0.15) is 0 Å². The first-order chi connectivity index (χ1) is 10.1. The summed E-state index contributed by atoms with van der Waals surface area (Å²) in [6, 6.07) is 9.50. The molecular formula is C16H19N3O2. The van der Waals surface area contributed by atoms with E-state index in [1.165, 1.54) is 6.20 Å². The predicted octanol–water partition coefficient (Wildman–Crippen LogP) is 2.51. The Morgan fingerprint density at radius 1 is 1.24 bits per heavy atom. The van der Waals surface area contributed by atoms with Gasteiger partial charge in [-0.05, 0) is 37.2 Å². The van der Waals surface area contributed by atoms with Crippen LogP contribution >= 0.6 is 0 Å². The lowest BCUT2D eigenvalue weighted by Gasteiger charge is -2.20. The molecule has 2 heterocycles. The van der Waals surface area contributed by atoms with Crippen LogP contribution < -0.4 is 0 Å². The first-order valence-corrected chi connectivity index (χ1v) is 6.92. The Bertz CT molecular complexity index is 628. The zero-order valence-electron chi connectivity index (χ0n) is 12.3. The number of aryl methyl sites for hydroxylation is 1. The van der Waals surface area contributed by atoms with E-state index >= 15 is 0 Å². The molecule has 0 fully saturated rings. The number of nitrogens with zero attached hydrogens (tertiary/aromatic N) is 3. The van der Waals surface area contributed by atoms with Crippen molar-refractivity contribution in [2.75, 3.05) is 6.54 Å². The molecule has 0 unspecified atom stereocenters. The second-order valence-electron chi connectivity index (χ2n) is 4.89. The van der Waals surface area contributed by atoms with Gasteiger partial charge in [0, 0.05) is 25.0 Å². The van der Waals surface area contributed by atoms with Gasteiger partial charge in [-0.15, -0.1) is 0 Å². The van der Waals surface area contributed by atoms with E-state index in [4.69, 9.17) is 0 Å². The number of carboxylic acids is 1. The van der Waals surface area contributed by atoms with Gasteiger partial charge < -0.3 is 5.11 Å². The number of rotatable bonds is 6. The van der Waals surface area contributed by atoms with Crippen molar-refractivity contribution in [3.63, 3.8) is 0 Å². The topological polar surface area (TPSA) is 66.3 Å². The van der Waals surface area contributed by atoms with Crippen LogP contribution in [0.25, 0.3) is 0 Å². The second kappa shape index (κ2) is 6.95. The second-order valence-corrected chi connectivity index (χ2v) is 4.89. The SMILES string of the molecule is CCN(Cc1cccc(C)n1)Cc1cccnc1C(=O)O. The maximum absolute atomic E-state index is 11.2. The van der Waals surface area contributed by atoms with Crippen molar-refractivity contribution >= 4 is 5.97 Å². The maximum Gasteiger partial charge on any atom is 0.354 e. The number of carboxylic acid groups (broad SMARTS) is 1. The molecule has 1 N–H and O–H groups in total. The van der Waals surface area contributed by atoms with Crippen LogP contribution in [0.1, 0.15) is 34.4 Å². The Kier molecular flexibility index (Phi) is 5.00. The van der Waals surface area contributed by atoms with Crippen LogP contribution in [0.2, 0.25) is 0 Å². The summed E-state index contributed by atoms with van der Waals surface area (Å²) < 4.78 is 0. The summed E-state index contributed by atoms with van der Waals surface area (Å²) in [5.41, 5.74) is 2.81. The lowest BCUT2D eigenvalue weighted by Crippen LogP contribution is -2.24. The van der Waals surface area contributed by atoms with Crippen molar-refractivity contribution in [3.8, 4) is 0 Å². The number of carbonyl (C=O) groups is 1. The monoisotopic (exact) mass is 285 g/mol. The normalized spacial score (nSPS) is 10.8. The zero-order valence-corrected chi connectivity index (χ0v) is 12.3. The molecule has 0 atom stereocenters. The quantitative estimate of drug-likeness (QED) is 0.883. The Hall–Kier alpha value is -2.27. The van der Waals surface area contributed by atoms with Crippen LogP contribution in [-0.4, -0.2) is 32.5 Å². The summed E-state index contributed by atoms with van der Waals surface area (Å²) in [5, 5.41) is 9.18. The van der Waals surface area contributed by atoms with Gasteiger partial charge in [-0.25, -0.2) is 9.78 Å². The predicted molar refractivity (Wildman–Crippen MR) is 80.0 cm³/mol. The standard InChI is InChI=1S/C16H19N3O2/c1-3-19(11-14-8-4-6-12(2)18-14)10-13-7-5-9-17-15(13)16(20)21/h4-9H,3,10-11H2,1-2H3,(H,20,21). The molecule has 0 aliphatic carbocycles. The highest BCUT2D eigenvalue weighted by molar-refractivity contribution is 5.86. The molecule has 0 saturated carbocycles. The average Bonchev–Trinajstić information content (AvgIpc) is 2.47. The molecule has 0 amide bonds. The van der Waals surface area contributed by atoms with Crippen LogP contribution in [0.3, 0.4) is 0 Å². The average molecular weight is 285 g/mol. The van der Waals surface area contributed by atoms with Crippen molar-refractivity contribution in [2.24, 2.45) is 0 Å². The minimum Gasteiger partial charge on any atom is -0.477 e. The fourth-order valence-electron chi connectivity index (χ4n) is 2.20. The third kappa shape index (κ3) is 4.10. The molecule has 5 nitrogen and oxygen atoms in total. The van der Waals surface area contributed by atoms with Crippen LogP contribution in [0.4, 0.5) is 0 Å². The Balaban J connectivity index is 2.14. The first kappa shape index (κ1) is 15.1. The van der Waals surface area contributed by atoms with Gasteiger partial charge in [0.2, 0.25) is 0 Å². The van der Waals surface area contributed by atoms with Crippen molar-refractivity contribution in [1.29, 1.82) is 0 Å². The smallest absolute Gasteiger partial charge is 0.354 e. The van der Waals surface area contributed by atoms with Crippen molar-refractivity contribution < 1.29 is 9.90 Å². The zero-order chi connectivity index (χ0) is 15.2. The van der Waals surface area contributed by atoms with E-state index in [1.807, 2.05) is 38.1 Å². The summed E-state index contributed by atoms with van der Waals surface area (Å²) in [6.07, 6.45) is 1.51. The molecule has 0 bridgehead atoms. The molecule has 0 saturated heterocycles. The van der Waals surface area contributed by atoms with Crippen LogP contribution in [0, 0.1) is 6.92 Å². The van der Waals surface area contributed by atoms with E-state index in [0.717, 1.165) is 23.5 Å². The molecule has 2 rings (SSSR count). The molecule has 0 radical (unpaired) electrons. The fraction of sp³-hybridized carbons (Fsp3) is 0.312. The number of hydrogen-bond donors (Lipinski definition) is 1. The number of hydrogen-bond acceptors (Lipinski definition) is 4. The van der Waals surface area contributed by atoms with Crippen molar-refractivity contribution in [1.82, 2.24) is 14.9 Å². The minimum absolute atomic E-state index is 0.119. The van der Waals surface area contributed by atoms with Gasteiger partial charge in [0.25, 0.3) is 0 Å². The van der Waals surface area contributed by atoms with Gasteiger partial charge >= 0.3 is 5.97 Å². The molecule has 5 heteroatoms. The molecule has 21 heavy (non-hydrogen) atoms. The third-order valence-electron chi connectivity index (χ3n) is 3.27. The third-order valence-corrected chi connectivity index (χ3v) is 3.27. The first-order valence-electron chi connectivity index (χ1n) is 6.92. The summed E-state index contributed by atoms with van der Waals surface area (Å²) in [5.74, 6) is -0.990. The Morgan fingerprint density at radius 2 is 2.05 bits per heavy atom. The van der Waals surface area contributed by atoms with E-state index in [1.54, 1.807) is 6.07 Å². The molecule has 0 aliphatic heterocycles. The number of pyridine rings is 2. The van der Waals surface area contributed by atoms with E-state index < -0.39 is 5.97 Å². The maximum atomic E-state index is 11.2. The molecule has 0 spiro atoms. The van der Waals surface area contributed by atoms with Gasteiger partial charge in [-0.2, -0.15) is 0 Å². The molecular weight excluding hydrogens is 266 g/mol. The summed E-state index contributed by atoms with van der Waals surface area (Å²) in [6.45, 7) is 6.05. The fourth-order valence-corrected chi connectivity index (χ4v) is 2.20. The van der Waals surface area contributed by atoms with Gasteiger partial charge in [-0.3, -0.25) is 9.88 Å².